The molecule has 1 amide bonds. The third kappa shape index (κ3) is 3.52. The Bertz CT molecular complexity index is 1240. The summed E-state index contributed by atoms with van der Waals surface area (Å²) < 4.78 is 2.03. The Kier molecular flexibility index (Phi) is 5.12. The Labute approximate surface area is 188 Å². The van der Waals surface area contributed by atoms with Crippen LogP contribution in [0.3, 0.4) is 0 Å². The Balaban J connectivity index is 1.61. The normalized spacial score (nSPS) is 20.5. The summed E-state index contributed by atoms with van der Waals surface area (Å²) in [6, 6.07) is 4.21. The molecule has 0 spiro atoms. The van der Waals surface area contributed by atoms with Crippen LogP contribution in [-0.2, 0) is 0 Å². The number of piperidine rings is 1. The number of aromatic amines is 1. The first-order valence-electron chi connectivity index (χ1n) is 11.9. The molecule has 1 aliphatic heterocycles. The van der Waals surface area contributed by atoms with Crippen molar-refractivity contribution in [1.29, 1.82) is 0 Å². The van der Waals surface area contributed by atoms with Crippen LogP contribution in [0.5, 0.6) is 0 Å². The van der Waals surface area contributed by atoms with Crippen molar-refractivity contribution in [1.82, 2.24) is 19.7 Å². The van der Waals surface area contributed by atoms with E-state index in [0.717, 1.165) is 54.2 Å². The second-order valence-electron chi connectivity index (χ2n) is 10.4. The maximum atomic E-state index is 13.6. The van der Waals surface area contributed by atoms with Crippen LogP contribution in [-0.4, -0.2) is 44.2 Å². The van der Waals surface area contributed by atoms with E-state index in [1.165, 1.54) is 12.8 Å². The number of fused-ring (bicyclic) bond motifs is 3. The van der Waals surface area contributed by atoms with Crippen LogP contribution >= 0.6 is 0 Å². The van der Waals surface area contributed by atoms with E-state index < -0.39 is 0 Å². The van der Waals surface area contributed by atoms with Gasteiger partial charge in [-0.15, -0.1) is 0 Å². The smallest absolute Gasteiger partial charge is 0.259 e. The number of nitrogens with two attached hydrogens (primary N) is 1. The highest BCUT2D eigenvalue weighted by molar-refractivity contribution is 6.07. The average Bonchev–Trinajstić information content (AvgIpc) is 3.42. The van der Waals surface area contributed by atoms with Crippen LogP contribution in [0.25, 0.3) is 21.8 Å². The Morgan fingerprint density at radius 3 is 2.62 bits per heavy atom. The number of carbonyl (C=O) groups excluding carboxylic acids is 1. The first kappa shape index (κ1) is 21.2. The van der Waals surface area contributed by atoms with Crippen LogP contribution in [0.2, 0.25) is 0 Å². The average molecular weight is 436 g/mol. The lowest BCUT2D eigenvalue weighted by Gasteiger charge is -2.39. The van der Waals surface area contributed by atoms with Crippen LogP contribution in [0, 0.1) is 12.8 Å². The van der Waals surface area contributed by atoms with E-state index in [9.17, 15) is 9.59 Å². The van der Waals surface area contributed by atoms with Crippen molar-refractivity contribution in [3.63, 3.8) is 0 Å². The standard InChI is InChI=1S/C25H33N5O2/c1-15-11-21-19(12-18(15)24(32)29-10-6-7-16(14-29)25(2,3)26)22-20(23(31)28-21)13-27-30(22)17-8-4-5-9-17/h11-13,16-17H,4-10,14,26H2,1-3H3,(H,28,31). The van der Waals surface area contributed by atoms with Crippen molar-refractivity contribution >= 4 is 27.7 Å². The van der Waals surface area contributed by atoms with Gasteiger partial charge in [-0.2, -0.15) is 5.10 Å². The van der Waals surface area contributed by atoms with E-state index in [2.05, 4.69) is 10.1 Å². The molecule has 2 aromatic heterocycles. The molecule has 7 heteroatoms. The number of hydrogen-bond acceptors (Lipinski definition) is 4. The third-order valence-corrected chi connectivity index (χ3v) is 7.57. The molecule has 5 rings (SSSR count). The van der Waals surface area contributed by atoms with Gasteiger partial charge in [0.05, 0.1) is 28.7 Å². The summed E-state index contributed by atoms with van der Waals surface area (Å²) in [6.45, 7) is 7.47. The summed E-state index contributed by atoms with van der Waals surface area (Å²) in [5, 5.41) is 6.09. The number of rotatable bonds is 3. The van der Waals surface area contributed by atoms with Crippen molar-refractivity contribution in [2.24, 2.45) is 11.7 Å². The minimum atomic E-state index is -0.309. The minimum Gasteiger partial charge on any atom is -0.338 e. The summed E-state index contributed by atoms with van der Waals surface area (Å²) in [7, 11) is 0. The lowest BCUT2D eigenvalue weighted by atomic mass is 9.82. The number of H-pyrrole nitrogens is 1. The molecule has 2 fully saturated rings. The molecule has 3 aromatic rings. The van der Waals surface area contributed by atoms with Gasteiger partial charge in [-0.05, 0) is 70.1 Å². The van der Waals surface area contributed by atoms with Gasteiger partial charge in [0, 0.05) is 29.6 Å². The number of carbonyl (C=O) groups is 1. The maximum absolute atomic E-state index is 13.6. The first-order valence-corrected chi connectivity index (χ1v) is 11.9. The fourth-order valence-electron chi connectivity index (χ4n) is 5.59. The summed E-state index contributed by atoms with van der Waals surface area (Å²) >= 11 is 0. The lowest BCUT2D eigenvalue weighted by Crippen LogP contribution is -2.51. The summed E-state index contributed by atoms with van der Waals surface area (Å²) in [5.74, 6) is 0.331. The third-order valence-electron chi connectivity index (χ3n) is 7.57. The van der Waals surface area contributed by atoms with Crippen molar-refractivity contribution in [2.75, 3.05) is 13.1 Å². The molecule has 1 aliphatic carbocycles. The number of hydrogen-bond donors (Lipinski definition) is 2. The maximum Gasteiger partial charge on any atom is 0.259 e. The van der Waals surface area contributed by atoms with Gasteiger partial charge in [0.1, 0.15) is 0 Å². The fourth-order valence-corrected chi connectivity index (χ4v) is 5.59. The number of likely N-dealkylation sites (tertiary alicyclic amines) is 1. The van der Waals surface area contributed by atoms with Crippen molar-refractivity contribution in [2.45, 2.75) is 70.9 Å². The Morgan fingerprint density at radius 1 is 1.16 bits per heavy atom. The molecule has 7 nitrogen and oxygen atoms in total. The molecule has 0 bridgehead atoms. The van der Waals surface area contributed by atoms with Crippen molar-refractivity contribution in [3.05, 3.63) is 39.8 Å². The van der Waals surface area contributed by atoms with Crippen molar-refractivity contribution < 1.29 is 4.79 Å². The van der Waals surface area contributed by atoms with E-state index in [-0.39, 0.29) is 22.9 Å². The zero-order valence-electron chi connectivity index (χ0n) is 19.3. The van der Waals surface area contributed by atoms with Gasteiger partial charge in [0.2, 0.25) is 0 Å². The molecule has 3 heterocycles. The largest absolute Gasteiger partial charge is 0.338 e. The predicted octanol–water partition coefficient (Wildman–Crippen LogP) is 3.89. The predicted molar refractivity (Wildman–Crippen MR) is 127 cm³/mol. The SMILES string of the molecule is Cc1cc2[nH]c(=O)c3cnn(C4CCCC4)c3c2cc1C(=O)N1CCCC(C(C)(C)N)C1. The van der Waals surface area contributed by atoms with E-state index in [4.69, 9.17) is 5.73 Å². The Hall–Kier alpha value is -2.67. The zero-order valence-corrected chi connectivity index (χ0v) is 19.3. The molecule has 1 saturated heterocycles. The zero-order chi connectivity index (χ0) is 22.6. The van der Waals surface area contributed by atoms with Gasteiger partial charge in [0.25, 0.3) is 11.5 Å². The second-order valence-corrected chi connectivity index (χ2v) is 10.4. The fraction of sp³-hybridized carbons (Fsp3) is 0.560. The van der Waals surface area contributed by atoms with Crippen LogP contribution in [0.15, 0.2) is 23.1 Å². The van der Waals surface area contributed by atoms with Crippen LogP contribution < -0.4 is 11.3 Å². The molecule has 1 unspecified atom stereocenters. The monoisotopic (exact) mass is 435 g/mol. The lowest BCUT2D eigenvalue weighted by molar-refractivity contribution is 0.0623. The van der Waals surface area contributed by atoms with Crippen molar-refractivity contribution in [3.8, 4) is 0 Å². The summed E-state index contributed by atoms with van der Waals surface area (Å²) in [4.78, 5) is 31.3. The molecule has 2 aliphatic rings. The molecule has 32 heavy (non-hydrogen) atoms. The van der Waals surface area contributed by atoms with E-state index >= 15 is 0 Å². The number of pyridine rings is 1. The van der Waals surface area contributed by atoms with Gasteiger partial charge < -0.3 is 15.6 Å². The highest BCUT2D eigenvalue weighted by atomic mass is 16.2. The molecule has 170 valence electrons. The minimum absolute atomic E-state index is 0.0460. The highest BCUT2D eigenvalue weighted by Gasteiger charge is 2.33. The second kappa shape index (κ2) is 7.73. The molecule has 3 N–H and O–H groups in total. The number of amides is 1. The van der Waals surface area contributed by atoms with Gasteiger partial charge >= 0.3 is 0 Å². The number of nitrogens with zero attached hydrogens (tertiary/aromatic N) is 3. The van der Waals surface area contributed by atoms with Crippen LogP contribution in [0.4, 0.5) is 0 Å². The molecule has 0 radical (unpaired) electrons. The Morgan fingerprint density at radius 2 is 1.91 bits per heavy atom. The van der Waals surface area contributed by atoms with Gasteiger partial charge in [-0.1, -0.05) is 12.8 Å². The number of benzene rings is 1. The van der Waals surface area contributed by atoms with Crippen LogP contribution in [0.1, 0.15) is 74.3 Å². The highest BCUT2D eigenvalue weighted by Crippen LogP contribution is 2.34. The number of nitrogens with one attached hydrogen (secondary N) is 1. The molecular weight excluding hydrogens is 402 g/mol. The topological polar surface area (TPSA) is 97.0 Å². The van der Waals surface area contributed by atoms with E-state index in [0.29, 0.717) is 23.5 Å². The summed E-state index contributed by atoms with van der Waals surface area (Å²) in [6.07, 6.45) is 8.21. The molecule has 1 aromatic carbocycles. The first-order chi connectivity index (χ1) is 15.2. The van der Waals surface area contributed by atoms with Gasteiger partial charge in [0.15, 0.2) is 0 Å². The number of aromatic nitrogens is 3. The number of aryl methyl sites for hydroxylation is 1. The van der Waals surface area contributed by atoms with E-state index in [1.807, 2.05) is 42.5 Å². The van der Waals surface area contributed by atoms with Gasteiger partial charge in [-0.3, -0.25) is 14.3 Å². The molecule has 1 saturated carbocycles. The van der Waals surface area contributed by atoms with E-state index in [1.54, 1.807) is 6.20 Å². The molecular formula is C25H33N5O2. The summed E-state index contributed by atoms with van der Waals surface area (Å²) in [5.41, 5.74) is 9.12. The quantitative estimate of drug-likeness (QED) is 0.652. The molecule has 1 atom stereocenters. The van der Waals surface area contributed by atoms with Gasteiger partial charge in [-0.25, -0.2) is 0 Å².